The Kier molecular flexibility index (Phi) is 4.64. The number of likely N-dealkylation sites (tertiary alicyclic amines) is 1. The number of rotatable bonds is 1. The Labute approximate surface area is 147 Å². The second-order valence-electron chi connectivity index (χ2n) is 7.18. The van der Waals surface area contributed by atoms with Gasteiger partial charge in [0.2, 0.25) is 0 Å². The number of aliphatic hydroxyl groups is 2. The third kappa shape index (κ3) is 3.06. The molecule has 0 aromatic heterocycles. The van der Waals surface area contributed by atoms with E-state index in [0.29, 0.717) is 49.5 Å². The van der Waals surface area contributed by atoms with Gasteiger partial charge in [-0.05, 0) is 50.5 Å². The molecule has 2 aliphatic rings. The van der Waals surface area contributed by atoms with E-state index in [4.69, 9.17) is 16.3 Å². The molecular weight excluding hydrogens is 330 g/mol. The molecule has 1 aromatic carbocycles. The zero-order valence-electron chi connectivity index (χ0n) is 14.1. The lowest BCUT2D eigenvalue weighted by atomic mass is 9.75. The first-order valence-corrected chi connectivity index (χ1v) is 8.73. The molecule has 1 aromatic rings. The number of hydrogen-bond acceptors (Lipinski definition) is 4. The van der Waals surface area contributed by atoms with E-state index in [1.165, 1.54) is 0 Å². The van der Waals surface area contributed by atoms with Gasteiger partial charge in [-0.25, -0.2) is 0 Å². The fourth-order valence-corrected chi connectivity index (χ4v) is 3.83. The SMILES string of the molecule is Cc1cc(C(=O)N2CCC3(CC2)OCC[C@@](C)(O)[C@@H]3O)ccc1Cl. The molecule has 2 aliphatic heterocycles. The van der Waals surface area contributed by atoms with Crippen LogP contribution in [0.3, 0.4) is 0 Å². The van der Waals surface area contributed by atoms with Crippen LogP contribution in [-0.2, 0) is 4.74 Å². The van der Waals surface area contributed by atoms with Gasteiger partial charge < -0.3 is 19.8 Å². The molecule has 132 valence electrons. The van der Waals surface area contributed by atoms with Gasteiger partial charge in [0.15, 0.2) is 0 Å². The normalized spacial score (nSPS) is 29.7. The first kappa shape index (κ1) is 17.7. The van der Waals surface area contributed by atoms with E-state index in [2.05, 4.69) is 0 Å². The van der Waals surface area contributed by atoms with Crippen LogP contribution >= 0.6 is 11.6 Å². The lowest BCUT2D eigenvalue weighted by molar-refractivity contribution is -0.244. The summed E-state index contributed by atoms with van der Waals surface area (Å²) in [6.45, 7) is 4.93. The first-order chi connectivity index (χ1) is 11.3. The van der Waals surface area contributed by atoms with E-state index in [1.807, 2.05) is 6.92 Å². The summed E-state index contributed by atoms with van der Waals surface area (Å²) in [5.74, 6) is -0.0401. The summed E-state index contributed by atoms with van der Waals surface area (Å²) in [5.41, 5.74) is -0.408. The lowest BCUT2D eigenvalue weighted by Crippen LogP contribution is -2.64. The molecule has 1 amide bonds. The van der Waals surface area contributed by atoms with E-state index in [1.54, 1.807) is 30.0 Å². The minimum absolute atomic E-state index is 0.0401. The number of nitrogens with zero attached hydrogens (tertiary/aromatic N) is 1. The maximum atomic E-state index is 12.7. The highest BCUT2D eigenvalue weighted by Crippen LogP contribution is 2.40. The van der Waals surface area contributed by atoms with Gasteiger partial charge in [0.05, 0.1) is 12.2 Å². The molecule has 5 nitrogen and oxygen atoms in total. The van der Waals surface area contributed by atoms with Crippen molar-refractivity contribution in [3.63, 3.8) is 0 Å². The molecule has 2 saturated heterocycles. The molecule has 2 heterocycles. The number of halogens is 1. The second kappa shape index (κ2) is 6.30. The number of hydrogen-bond donors (Lipinski definition) is 2. The monoisotopic (exact) mass is 353 g/mol. The number of carbonyl (C=O) groups is 1. The summed E-state index contributed by atoms with van der Waals surface area (Å²) in [5, 5.41) is 21.5. The Balaban J connectivity index is 1.70. The quantitative estimate of drug-likeness (QED) is 0.811. The highest BCUT2D eigenvalue weighted by Gasteiger charge is 2.52. The van der Waals surface area contributed by atoms with Crippen LogP contribution in [-0.4, -0.2) is 58.0 Å². The second-order valence-corrected chi connectivity index (χ2v) is 7.59. The summed E-state index contributed by atoms with van der Waals surface area (Å²) in [7, 11) is 0. The zero-order valence-corrected chi connectivity index (χ0v) is 14.8. The van der Waals surface area contributed by atoms with Crippen molar-refractivity contribution in [2.75, 3.05) is 19.7 Å². The molecule has 0 unspecified atom stereocenters. The standard InChI is InChI=1S/C18H24ClNO4/c1-12-11-13(3-4-14(12)19)15(21)20-8-5-18(6-9-20)16(22)17(2,23)7-10-24-18/h3-4,11,16,22-23H,5-10H2,1-2H3/t16-,17+/m0/s1. The summed E-state index contributed by atoms with van der Waals surface area (Å²) in [4.78, 5) is 14.4. The minimum atomic E-state index is -1.14. The molecule has 24 heavy (non-hydrogen) atoms. The van der Waals surface area contributed by atoms with Gasteiger partial charge in [-0.15, -0.1) is 0 Å². The molecule has 3 rings (SSSR count). The lowest BCUT2D eigenvalue weighted by Gasteiger charge is -2.51. The van der Waals surface area contributed by atoms with E-state index in [-0.39, 0.29) is 5.91 Å². The Morgan fingerprint density at radius 3 is 2.62 bits per heavy atom. The van der Waals surface area contributed by atoms with E-state index < -0.39 is 17.3 Å². The fraction of sp³-hybridized carbons (Fsp3) is 0.611. The van der Waals surface area contributed by atoms with Crippen LogP contribution in [0.25, 0.3) is 0 Å². The van der Waals surface area contributed by atoms with Crippen LogP contribution in [0.15, 0.2) is 18.2 Å². The summed E-state index contributed by atoms with van der Waals surface area (Å²) < 4.78 is 5.86. The van der Waals surface area contributed by atoms with Gasteiger partial charge in [0, 0.05) is 30.1 Å². The number of benzene rings is 1. The third-order valence-corrected chi connectivity index (χ3v) is 5.81. The van der Waals surface area contributed by atoms with Crippen LogP contribution in [0.4, 0.5) is 0 Å². The van der Waals surface area contributed by atoms with Gasteiger partial charge in [-0.3, -0.25) is 4.79 Å². The highest BCUT2D eigenvalue weighted by molar-refractivity contribution is 6.31. The van der Waals surface area contributed by atoms with Crippen LogP contribution in [0.1, 0.15) is 42.1 Å². The van der Waals surface area contributed by atoms with Gasteiger partial charge >= 0.3 is 0 Å². The Bertz CT molecular complexity index is 638. The molecule has 0 saturated carbocycles. The third-order valence-electron chi connectivity index (χ3n) is 5.39. The van der Waals surface area contributed by atoms with Crippen molar-refractivity contribution in [2.45, 2.75) is 50.4 Å². The predicted octanol–water partition coefficient (Wildman–Crippen LogP) is 2.16. The number of ether oxygens (including phenoxy) is 1. The molecule has 0 aliphatic carbocycles. The first-order valence-electron chi connectivity index (χ1n) is 8.35. The van der Waals surface area contributed by atoms with Crippen LogP contribution in [0, 0.1) is 6.92 Å². The Morgan fingerprint density at radius 2 is 2.00 bits per heavy atom. The summed E-state index contributed by atoms with van der Waals surface area (Å²) in [6, 6.07) is 5.27. The van der Waals surface area contributed by atoms with E-state index in [9.17, 15) is 15.0 Å². The maximum absolute atomic E-state index is 12.7. The highest BCUT2D eigenvalue weighted by atomic mass is 35.5. The largest absolute Gasteiger partial charge is 0.387 e. The minimum Gasteiger partial charge on any atom is -0.387 e. The Hall–Kier alpha value is -1.14. The summed E-state index contributed by atoms with van der Waals surface area (Å²) >= 11 is 6.02. The van der Waals surface area contributed by atoms with Gasteiger partial charge in [-0.1, -0.05) is 11.6 Å². The van der Waals surface area contributed by atoms with Crippen LogP contribution in [0.5, 0.6) is 0 Å². The van der Waals surface area contributed by atoms with Gasteiger partial charge in [0.25, 0.3) is 5.91 Å². The maximum Gasteiger partial charge on any atom is 0.253 e. The molecule has 0 bridgehead atoms. The molecule has 2 N–H and O–H groups in total. The van der Waals surface area contributed by atoms with Crippen molar-refractivity contribution in [1.29, 1.82) is 0 Å². The smallest absolute Gasteiger partial charge is 0.253 e. The van der Waals surface area contributed by atoms with Crippen molar-refractivity contribution < 1.29 is 19.7 Å². The average Bonchev–Trinajstić information content (AvgIpc) is 2.55. The van der Waals surface area contributed by atoms with Crippen molar-refractivity contribution in [1.82, 2.24) is 4.90 Å². The molecule has 6 heteroatoms. The average molecular weight is 354 g/mol. The summed E-state index contributed by atoms with van der Waals surface area (Å²) in [6.07, 6.45) is 0.516. The fourth-order valence-electron chi connectivity index (χ4n) is 3.71. The van der Waals surface area contributed by atoms with E-state index >= 15 is 0 Å². The van der Waals surface area contributed by atoms with Crippen molar-refractivity contribution >= 4 is 17.5 Å². The molecule has 2 fully saturated rings. The predicted molar refractivity (Wildman–Crippen MR) is 91.3 cm³/mol. The molecular formula is C18H24ClNO4. The number of piperidine rings is 1. The van der Waals surface area contributed by atoms with Gasteiger partial charge in [-0.2, -0.15) is 0 Å². The van der Waals surface area contributed by atoms with Crippen LogP contribution in [0.2, 0.25) is 5.02 Å². The molecule has 2 atom stereocenters. The van der Waals surface area contributed by atoms with Crippen molar-refractivity contribution in [2.24, 2.45) is 0 Å². The Morgan fingerprint density at radius 1 is 1.33 bits per heavy atom. The van der Waals surface area contributed by atoms with E-state index in [0.717, 1.165) is 5.56 Å². The molecule has 1 spiro atoms. The number of carbonyl (C=O) groups excluding carboxylic acids is 1. The van der Waals surface area contributed by atoms with Crippen molar-refractivity contribution in [3.05, 3.63) is 34.3 Å². The van der Waals surface area contributed by atoms with Gasteiger partial charge in [0.1, 0.15) is 11.7 Å². The van der Waals surface area contributed by atoms with Crippen molar-refractivity contribution in [3.8, 4) is 0 Å². The molecule has 0 radical (unpaired) electrons. The topological polar surface area (TPSA) is 70.0 Å². The number of aryl methyl sites for hydroxylation is 1. The number of aliphatic hydroxyl groups excluding tert-OH is 1. The van der Waals surface area contributed by atoms with Crippen LogP contribution < -0.4 is 0 Å². The zero-order chi connectivity index (χ0) is 17.5. The number of amides is 1.